The van der Waals surface area contributed by atoms with Gasteiger partial charge >= 0.3 is 0 Å². The van der Waals surface area contributed by atoms with Crippen molar-refractivity contribution in [2.45, 2.75) is 45.6 Å². The van der Waals surface area contributed by atoms with Crippen molar-refractivity contribution in [2.24, 2.45) is 5.92 Å². The zero-order valence-electron chi connectivity index (χ0n) is 14.1. The Bertz CT molecular complexity index is 718. The van der Waals surface area contributed by atoms with E-state index in [0.29, 0.717) is 17.4 Å². The Hall–Kier alpha value is -2.48. The van der Waals surface area contributed by atoms with Gasteiger partial charge in [-0.2, -0.15) is 5.26 Å². The monoisotopic (exact) mass is 326 g/mol. The van der Waals surface area contributed by atoms with Crippen LogP contribution in [0.15, 0.2) is 17.7 Å². The second-order valence-corrected chi connectivity index (χ2v) is 6.57. The van der Waals surface area contributed by atoms with Gasteiger partial charge in [-0.25, -0.2) is 0 Å². The minimum absolute atomic E-state index is 0.120. The van der Waals surface area contributed by atoms with Crippen molar-refractivity contribution in [1.82, 2.24) is 5.32 Å². The number of fused-ring (bicyclic) bond motifs is 1. The number of aryl methyl sites for hydroxylation is 1. The molecule has 0 saturated heterocycles. The normalized spacial score (nSPS) is 22.8. The highest BCUT2D eigenvalue weighted by Crippen LogP contribution is 2.35. The summed E-state index contributed by atoms with van der Waals surface area (Å²) in [4.78, 5) is 12.5. The molecular formula is C19H22N2O3. The highest BCUT2D eigenvalue weighted by atomic mass is 16.7. The summed E-state index contributed by atoms with van der Waals surface area (Å²) in [7, 11) is 0. The zero-order valence-corrected chi connectivity index (χ0v) is 14.1. The van der Waals surface area contributed by atoms with E-state index in [1.165, 1.54) is 6.42 Å². The first-order valence-corrected chi connectivity index (χ1v) is 8.41. The van der Waals surface area contributed by atoms with Crippen LogP contribution in [0.25, 0.3) is 6.08 Å². The lowest BCUT2D eigenvalue weighted by atomic mass is 9.86. The summed E-state index contributed by atoms with van der Waals surface area (Å²) < 4.78 is 10.7. The molecule has 1 saturated carbocycles. The van der Waals surface area contributed by atoms with Crippen molar-refractivity contribution in [3.8, 4) is 17.6 Å². The Kier molecular flexibility index (Phi) is 4.75. The van der Waals surface area contributed by atoms with Crippen LogP contribution < -0.4 is 14.8 Å². The number of hydrogen-bond acceptors (Lipinski definition) is 4. The van der Waals surface area contributed by atoms with E-state index in [-0.39, 0.29) is 24.3 Å². The lowest BCUT2D eigenvalue weighted by Crippen LogP contribution is -2.41. The van der Waals surface area contributed by atoms with Gasteiger partial charge in [0.2, 0.25) is 6.79 Å². The van der Waals surface area contributed by atoms with Gasteiger partial charge in [0.05, 0.1) is 0 Å². The second kappa shape index (κ2) is 6.96. The van der Waals surface area contributed by atoms with Crippen LogP contribution in [0.1, 0.15) is 43.7 Å². The highest BCUT2D eigenvalue weighted by Gasteiger charge is 2.24. The number of amides is 1. The number of nitrogens with one attached hydrogen (secondary N) is 1. The third-order valence-corrected chi connectivity index (χ3v) is 4.85. The van der Waals surface area contributed by atoms with E-state index >= 15 is 0 Å². The molecule has 1 heterocycles. The van der Waals surface area contributed by atoms with Crippen LogP contribution in [0.5, 0.6) is 11.5 Å². The van der Waals surface area contributed by atoms with Crippen LogP contribution in [0.3, 0.4) is 0 Å². The molecule has 1 aliphatic heterocycles. The number of rotatable bonds is 3. The van der Waals surface area contributed by atoms with Crippen molar-refractivity contribution >= 4 is 12.0 Å². The van der Waals surface area contributed by atoms with Gasteiger partial charge in [0, 0.05) is 6.04 Å². The fourth-order valence-electron chi connectivity index (χ4n) is 3.30. The van der Waals surface area contributed by atoms with Gasteiger partial charge in [-0.15, -0.1) is 0 Å². The molecule has 1 fully saturated rings. The van der Waals surface area contributed by atoms with E-state index in [4.69, 9.17) is 9.47 Å². The third-order valence-electron chi connectivity index (χ3n) is 4.85. The molecule has 3 rings (SSSR count). The topological polar surface area (TPSA) is 71.4 Å². The third kappa shape index (κ3) is 3.38. The van der Waals surface area contributed by atoms with Crippen molar-refractivity contribution < 1.29 is 14.3 Å². The molecular weight excluding hydrogens is 304 g/mol. The maximum Gasteiger partial charge on any atom is 0.262 e. The van der Waals surface area contributed by atoms with Crippen LogP contribution in [0.4, 0.5) is 0 Å². The predicted octanol–water partition coefficient (Wildman–Crippen LogP) is 3.33. The number of carbonyl (C=O) groups excluding carboxylic acids is 1. The molecule has 2 aliphatic rings. The van der Waals surface area contributed by atoms with E-state index in [0.717, 1.165) is 30.4 Å². The quantitative estimate of drug-likeness (QED) is 0.683. The van der Waals surface area contributed by atoms with E-state index in [1.54, 1.807) is 6.08 Å². The maximum absolute atomic E-state index is 12.5. The minimum Gasteiger partial charge on any atom is -0.454 e. The molecule has 1 amide bonds. The molecule has 0 radical (unpaired) electrons. The molecule has 5 nitrogen and oxygen atoms in total. The van der Waals surface area contributed by atoms with E-state index in [2.05, 4.69) is 12.2 Å². The Morgan fingerprint density at radius 1 is 1.29 bits per heavy atom. The zero-order chi connectivity index (χ0) is 17.1. The van der Waals surface area contributed by atoms with Gasteiger partial charge in [0.15, 0.2) is 11.5 Å². The van der Waals surface area contributed by atoms with Crippen molar-refractivity contribution in [3.63, 3.8) is 0 Å². The molecule has 0 unspecified atom stereocenters. The molecule has 1 aliphatic carbocycles. The van der Waals surface area contributed by atoms with Gasteiger partial charge < -0.3 is 14.8 Å². The number of carbonyl (C=O) groups is 1. The van der Waals surface area contributed by atoms with Crippen molar-refractivity contribution in [3.05, 3.63) is 28.8 Å². The predicted molar refractivity (Wildman–Crippen MR) is 90.5 cm³/mol. The number of nitriles is 1. The summed E-state index contributed by atoms with van der Waals surface area (Å²) in [6, 6.07) is 5.86. The van der Waals surface area contributed by atoms with Gasteiger partial charge in [0.25, 0.3) is 5.91 Å². The fraction of sp³-hybridized carbons (Fsp3) is 0.474. The number of hydrogen-bond donors (Lipinski definition) is 1. The lowest BCUT2D eigenvalue weighted by molar-refractivity contribution is -0.118. The highest BCUT2D eigenvalue weighted by molar-refractivity contribution is 6.02. The van der Waals surface area contributed by atoms with Gasteiger partial charge in [0.1, 0.15) is 11.6 Å². The second-order valence-electron chi connectivity index (χ2n) is 6.57. The van der Waals surface area contributed by atoms with Crippen LogP contribution in [0.2, 0.25) is 0 Å². The number of benzene rings is 1. The van der Waals surface area contributed by atoms with Crippen LogP contribution in [-0.4, -0.2) is 18.7 Å². The van der Waals surface area contributed by atoms with Crippen molar-refractivity contribution in [2.75, 3.05) is 6.79 Å². The number of nitrogens with zero attached hydrogens (tertiary/aromatic N) is 1. The summed E-state index contributed by atoms with van der Waals surface area (Å²) in [5, 5.41) is 12.4. The molecule has 5 heteroatoms. The molecule has 1 aromatic rings. The van der Waals surface area contributed by atoms with Crippen LogP contribution >= 0.6 is 0 Å². The lowest BCUT2D eigenvalue weighted by Gasteiger charge is -2.29. The van der Waals surface area contributed by atoms with Crippen molar-refractivity contribution in [1.29, 1.82) is 5.26 Å². The molecule has 1 aromatic carbocycles. The molecule has 0 bridgehead atoms. The van der Waals surface area contributed by atoms with E-state index < -0.39 is 0 Å². The van der Waals surface area contributed by atoms with Crippen LogP contribution in [-0.2, 0) is 4.79 Å². The molecule has 2 atom stereocenters. The first-order chi connectivity index (χ1) is 11.6. The molecule has 126 valence electrons. The van der Waals surface area contributed by atoms with E-state index in [9.17, 15) is 10.1 Å². The molecule has 1 N–H and O–H groups in total. The molecule has 0 spiro atoms. The SMILES string of the molecule is Cc1cc2c(cc1/C=C(\C#N)C(=O)N[C@@H]1CCCC[C@H]1C)OCO2. The summed E-state index contributed by atoms with van der Waals surface area (Å²) in [5.41, 5.74) is 1.85. The average molecular weight is 326 g/mol. The summed E-state index contributed by atoms with van der Waals surface area (Å²) in [5.74, 6) is 1.50. The Morgan fingerprint density at radius 2 is 2.00 bits per heavy atom. The first-order valence-electron chi connectivity index (χ1n) is 8.41. The first kappa shape index (κ1) is 16.4. The summed E-state index contributed by atoms with van der Waals surface area (Å²) in [6.45, 7) is 4.28. The maximum atomic E-state index is 12.5. The smallest absolute Gasteiger partial charge is 0.262 e. The van der Waals surface area contributed by atoms with Gasteiger partial charge in [-0.05, 0) is 55.0 Å². The van der Waals surface area contributed by atoms with Gasteiger partial charge in [-0.3, -0.25) is 4.79 Å². The Morgan fingerprint density at radius 3 is 2.71 bits per heavy atom. The Balaban J connectivity index is 1.79. The summed E-state index contributed by atoms with van der Waals surface area (Å²) >= 11 is 0. The number of ether oxygens (including phenoxy) is 2. The molecule has 0 aromatic heterocycles. The average Bonchev–Trinajstić information content (AvgIpc) is 3.01. The fourth-order valence-corrected chi connectivity index (χ4v) is 3.30. The van der Waals surface area contributed by atoms with Gasteiger partial charge in [-0.1, -0.05) is 19.8 Å². The summed E-state index contributed by atoms with van der Waals surface area (Å²) in [6.07, 6.45) is 6.07. The molecule has 24 heavy (non-hydrogen) atoms. The standard InChI is InChI=1S/C19H22N2O3/c1-12-5-3-4-6-16(12)21-19(22)15(10-20)8-14-9-18-17(7-13(14)2)23-11-24-18/h7-9,12,16H,3-6,11H2,1-2H3,(H,21,22)/b15-8+/t12-,16-/m1/s1. The largest absolute Gasteiger partial charge is 0.454 e. The minimum atomic E-state index is -0.298. The van der Waals surface area contributed by atoms with Crippen LogP contribution in [0, 0.1) is 24.2 Å². The Labute approximate surface area is 142 Å². The van der Waals surface area contributed by atoms with E-state index in [1.807, 2.05) is 25.1 Å².